The molecule has 1 fully saturated rings. The molecule has 0 aliphatic carbocycles. The van der Waals surface area contributed by atoms with E-state index in [-0.39, 0.29) is 18.8 Å². The predicted octanol–water partition coefficient (Wildman–Crippen LogP) is 1.04. The first kappa shape index (κ1) is 12.9. The van der Waals surface area contributed by atoms with Gasteiger partial charge in [0.15, 0.2) is 5.69 Å². The van der Waals surface area contributed by atoms with Crippen LogP contribution in [0.3, 0.4) is 0 Å². The number of hydrogen-bond donors (Lipinski definition) is 1. The van der Waals surface area contributed by atoms with Gasteiger partial charge in [0, 0.05) is 7.05 Å². The highest BCUT2D eigenvalue weighted by molar-refractivity contribution is 5.93. The van der Waals surface area contributed by atoms with Gasteiger partial charge in [-0.15, -0.1) is 0 Å². The summed E-state index contributed by atoms with van der Waals surface area (Å²) < 4.78 is 12.3. The Morgan fingerprint density at radius 3 is 2.83 bits per heavy atom. The summed E-state index contributed by atoms with van der Waals surface area (Å²) in [7, 11) is 1.67. The topological polar surface area (TPSA) is 79.4 Å². The zero-order valence-corrected chi connectivity index (χ0v) is 11.0. The fraction of sp³-hybridized carbons (Fsp3) is 0.667. The van der Waals surface area contributed by atoms with Gasteiger partial charge in [-0.3, -0.25) is 4.68 Å². The van der Waals surface area contributed by atoms with E-state index >= 15 is 0 Å². The maximum Gasteiger partial charge on any atom is 0.358 e. The molecule has 6 nitrogen and oxygen atoms in total. The number of anilines is 1. The maximum absolute atomic E-state index is 11.9. The molecule has 18 heavy (non-hydrogen) atoms. The average molecular weight is 253 g/mol. The van der Waals surface area contributed by atoms with Gasteiger partial charge in [0.2, 0.25) is 0 Å². The van der Waals surface area contributed by atoms with Crippen LogP contribution in [0.1, 0.15) is 35.9 Å². The Kier molecular flexibility index (Phi) is 3.56. The molecular weight excluding hydrogens is 234 g/mol. The molecule has 2 atom stereocenters. The monoisotopic (exact) mass is 253 g/mol. The number of rotatable bonds is 3. The van der Waals surface area contributed by atoms with E-state index in [1.54, 1.807) is 14.0 Å². The lowest BCUT2D eigenvalue weighted by molar-refractivity contribution is -0.00320. The fourth-order valence-corrected chi connectivity index (χ4v) is 2.16. The minimum Gasteiger partial charge on any atom is -0.458 e. The molecule has 1 aliphatic rings. The molecule has 1 saturated heterocycles. The maximum atomic E-state index is 11.9. The lowest BCUT2D eigenvalue weighted by Gasteiger charge is -2.11. The summed E-state index contributed by atoms with van der Waals surface area (Å²) in [4.78, 5) is 11.9. The molecule has 0 saturated carbocycles. The van der Waals surface area contributed by atoms with Crippen LogP contribution in [0.15, 0.2) is 0 Å². The summed E-state index contributed by atoms with van der Waals surface area (Å²) in [6.45, 7) is 4.05. The molecule has 2 rings (SSSR count). The first-order valence-electron chi connectivity index (χ1n) is 6.10. The molecule has 100 valence electrons. The van der Waals surface area contributed by atoms with Crippen LogP contribution < -0.4 is 5.73 Å². The number of hydrogen-bond acceptors (Lipinski definition) is 5. The Labute approximate surface area is 106 Å². The van der Waals surface area contributed by atoms with Gasteiger partial charge in [-0.25, -0.2) is 4.79 Å². The van der Waals surface area contributed by atoms with Crippen molar-refractivity contribution < 1.29 is 14.3 Å². The Hall–Kier alpha value is -1.56. The van der Waals surface area contributed by atoms with Gasteiger partial charge in [-0.2, -0.15) is 5.10 Å². The number of nitrogen functional groups attached to an aromatic ring is 1. The Morgan fingerprint density at radius 1 is 1.61 bits per heavy atom. The van der Waals surface area contributed by atoms with E-state index in [0.717, 1.165) is 12.8 Å². The molecule has 0 bridgehead atoms. The highest BCUT2D eigenvalue weighted by Gasteiger charge is 2.25. The summed E-state index contributed by atoms with van der Waals surface area (Å²) in [5.41, 5.74) is 7.11. The third kappa shape index (κ3) is 2.48. The molecule has 1 aromatic heterocycles. The smallest absolute Gasteiger partial charge is 0.358 e. The standard InChI is InChI=1S/C12H19N3O3/c1-7-4-5-9(18-7)6-17-12(16)11-10(13)8(2)14-15(11)3/h7,9H,4-6,13H2,1-3H3. The van der Waals surface area contributed by atoms with Gasteiger partial charge >= 0.3 is 5.97 Å². The van der Waals surface area contributed by atoms with Gasteiger partial charge < -0.3 is 15.2 Å². The molecular formula is C12H19N3O3. The van der Waals surface area contributed by atoms with E-state index < -0.39 is 5.97 Å². The van der Waals surface area contributed by atoms with Crippen LogP contribution >= 0.6 is 0 Å². The Bertz CT molecular complexity index is 456. The van der Waals surface area contributed by atoms with Crippen molar-refractivity contribution in [1.29, 1.82) is 0 Å². The van der Waals surface area contributed by atoms with E-state index in [1.165, 1.54) is 4.68 Å². The van der Waals surface area contributed by atoms with Crippen molar-refractivity contribution in [2.45, 2.75) is 38.9 Å². The summed E-state index contributed by atoms with van der Waals surface area (Å²) in [6.07, 6.45) is 2.18. The van der Waals surface area contributed by atoms with Crippen LogP contribution in [0.2, 0.25) is 0 Å². The predicted molar refractivity (Wildman–Crippen MR) is 66.2 cm³/mol. The molecule has 1 aliphatic heterocycles. The highest BCUT2D eigenvalue weighted by Crippen LogP contribution is 2.20. The van der Waals surface area contributed by atoms with Crippen LogP contribution in [0.4, 0.5) is 5.69 Å². The third-order valence-electron chi connectivity index (χ3n) is 3.18. The Balaban J connectivity index is 1.95. The normalized spacial score (nSPS) is 23.3. The first-order chi connectivity index (χ1) is 8.49. The van der Waals surface area contributed by atoms with Crippen LogP contribution in [0, 0.1) is 6.92 Å². The van der Waals surface area contributed by atoms with Gasteiger partial charge in [0.05, 0.1) is 23.6 Å². The number of ether oxygens (including phenoxy) is 2. The molecule has 0 aromatic carbocycles. The molecule has 2 heterocycles. The van der Waals surface area contributed by atoms with E-state index in [2.05, 4.69) is 5.10 Å². The number of aromatic nitrogens is 2. The molecule has 6 heteroatoms. The lowest BCUT2D eigenvalue weighted by Crippen LogP contribution is -2.21. The van der Waals surface area contributed by atoms with Gasteiger partial charge in [-0.05, 0) is 26.7 Å². The number of esters is 1. The number of carbonyl (C=O) groups excluding carboxylic acids is 1. The molecule has 0 radical (unpaired) electrons. The second-order valence-electron chi connectivity index (χ2n) is 4.72. The number of nitrogens with two attached hydrogens (primary N) is 1. The van der Waals surface area contributed by atoms with Crippen molar-refractivity contribution >= 4 is 11.7 Å². The molecule has 0 amide bonds. The fourth-order valence-electron chi connectivity index (χ4n) is 2.16. The van der Waals surface area contributed by atoms with Crippen molar-refractivity contribution in [2.75, 3.05) is 12.3 Å². The second-order valence-corrected chi connectivity index (χ2v) is 4.72. The van der Waals surface area contributed by atoms with Crippen molar-refractivity contribution in [3.05, 3.63) is 11.4 Å². The van der Waals surface area contributed by atoms with E-state index in [4.69, 9.17) is 15.2 Å². The molecule has 0 spiro atoms. The average Bonchev–Trinajstić information content (AvgIpc) is 2.82. The first-order valence-corrected chi connectivity index (χ1v) is 6.10. The summed E-state index contributed by atoms with van der Waals surface area (Å²) >= 11 is 0. The zero-order valence-electron chi connectivity index (χ0n) is 11.0. The minimum absolute atomic E-state index is 0.000464. The largest absolute Gasteiger partial charge is 0.458 e. The van der Waals surface area contributed by atoms with Gasteiger partial charge in [0.25, 0.3) is 0 Å². The Morgan fingerprint density at radius 2 is 2.33 bits per heavy atom. The summed E-state index contributed by atoms with van der Waals surface area (Å²) in [5.74, 6) is -0.446. The molecule has 2 unspecified atom stereocenters. The summed E-state index contributed by atoms with van der Waals surface area (Å²) in [5, 5.41) is 4.08. The summed E-state index contributed by atoms with van der Waals surface area (Å²) in [6, 6.07) is 0. The quantitative estimate of drug-likeness (QED) is 0.814. The molecule has 2 N–H and O–H groups in total. The van der Waals surface area contributed by atoms with E-state index in [0.29, 0.717) is 17.1 Å². The highest BCUT2D eigenvalue weighted by atomic mass is 16.6. The van der Waals surface area contributed by atoms with Crippen molar-refractivity contribution in [2.24, 2.45) is 7.05 Å². The van der Waals surface area contributed by atoms with Crippen molar-refractivity contribution in [1.82, 2.24) is 9.78 Å². The number of aryl methyl sites for hydroxylation is 2. The number of carbonyl (C=O) groups is 1. The zero-order chi connectivity index (χ0) is 13.3. The SMILES string of the molecule is Cc1nn(C)c(C(=O)OCC2CCC(C)O2)c1N. The van der Waals surface area contributed by atoms with Crippen LogP contribution in [0.25, 0.3) is 0 Å². The van der Waals surface area contributed by atoms with E-state index in [9.17, 15) is 4.79 Å². The molecule has 1 aromatic rings. The van der Waals surface area contributed by atoms with Gasteiger partial charge in [-0.1, -0.05) is 0 Å². The van der Waals surface area contributed by atoms with Crippen LogP contribution in [-0.2, 0) is 16.5 Å². The van der Waals surface area contributed by atoms with Crippen molar-refractivity contribution in [3.8, 4) is 0 Å². The number of nitrogens with zero attached hydrogens (tertiary/aromatic N) is 2. The lowest BCUT2D eigenvalue weighted by atomic mass is 10.2. The van der Waals surface area contributed by atoms with Crippen LogP contribution in [-0.4, -0.2) is 34.6 Å². The van der Waals surface area contributed by atoms with E-state index in [1.807, 2.05) is 6.92 Å². The van der Waals surface area contributed by atoms with Crippen molar-refractivity contribution in [3.63, 3.8) is 0 Å². The van der Waals surface area contributed by atoms with Gasteiger partial charge in [0.1, 0.15) is 6.61 Å². The minimum atomic E-state index is -0.446. The second kappa shape index (κ2) is 4.97. The third-order valence-corrected chi connectivity index (χ3v) is 3.18. The van der Waals surface area contributed by atoms with Crippen LogP contribution in [0.5, 0.6) is 0 Å².